The van der Waals surface area contributed by atoms with E-state index >= 15 is 0 Å². The Balaban J connectivity index is 1.65. The van der Waals surface area contributed by atoms with Crippen molar-refractivity contribution in [2.45, 2.75) is 25.6 Å². The molecule has 0 spiro atoms. The summed E-state index contributed by atoms with van der Waals surface area (Å²) in [6, 6.07) is 20.2. The van der Waals surface area contributed by atoms with E-state index in [-0.39, 0.29) is 5.91 Å². The lowest BCUT2D eigenvalue weighted by atomic mass is 9.78. The molecule has 0 radical (unpaired) electrons. The number of fused-ring (bicyclic) bond motifs is 4. The lowest BCUT2D eigenvalue weighted by Gasteiger charge is -2.56. The Morgan fingerprint density at radius 2 is 1.91 bits per heavy atom. The second-order valence-electron chi connectivity index (χ2n) is 8.61. The van der Waals surface area contributed by atoms with Crippen molar-refractivity contribution in [3.05, 3.63) is 82.9 Å². The fourth-order valence-electron chi connectivity index (χ4n) is 4.84. The maximum absolute atomic E-state index is 13.8. The fourth-order valence-corrected chi connectivity index (χ4v) is 5.38. The number of nitrogens with zero attached hydrogens (tertiary/aromatic N) is 1. The van der Waals surface area contributed by atoms with Crippen molar-refractivity contribution in [3.63, 3.8) is 0 Å². The number of anilines is 2. The number of amides is 1. The first-order chi connectivity index (χ1) is 16.3. The van der Waals surface area contributed by atoms with E-state index in [2.05, 4.69) is 10.6 Å². The molecular weight excluding hydrogens is 470 g/mol. The van der Waals surface area contributed by atoms with Gasteiger partial charge in [-0.25, -0.2) is 0 Å². The number of benzene rings is 3. The molecule has 174 valence electrons. The van der Waals surface area contributed by atoms with Gasteiger partial charge in [-0.05, 0) is 74.1 Å². The van der Waals surface area contributed by atoms with Gasteiger partial charge in [0.2, 0.25) is 5.91 Å². The minimum atomic E-state index is -1.13. The predicted molar refractivity (Wildman–Crippen MR) is 138 cm³/mol. The van der Waals surface area contributed by atoms with Gasteiger partial charge < -0.3 is 20.1 Å². The van der Waals surface area contributed by atoms with E-state index in [0.717, 1.165) is 16.8 Å². The van der Waals surface area contributed by atoms with E-state index in [1.807, 2.05) is 61.2 Å². The Kier molecular flexibility index (Phi) is 5.62. The molecule has 0 saturated carbocycles. The highest BCUT2D eigenvalue weighted by atomic mass is 35.5. The molecule has 34 heavy (non-hydrogen) atoms. The van der Waals surface area contributed by atoms with Crippen molar-refractivity contribution in [2.24, 2.45) is 5.92 Å². The zero-order chi connectivity index (χ0) is 24.0. The molecule has 1 amide bonds. The number of methoxy groups -OCH3 is 1. The Bertz CT molecular complexity index is 1280. The second-order valence-corrected chi connectivity index (χ2v) is 9.43. The summed E-state index contributed by atoms with van der Waals surface area (Å²) >= 11 is 11.8. The third kappa shape index (κ3) is 3.65. The van der Waals surface area contributed by atoms with Crippen LogP contribution in [0.3, 0.4) is 0 Å². The van der Waals surface area contributed by atoms with Crippen LogP contribution in [0.25, 0.3) is 0 Å². The molecule has 3 aromatic carbocycles. The third-order valence-corrected chi connectivity index (χ3v) is 6.92. The molecule has 3 aromatic rings. The first-order valence-electron chi connectivity index (χ1n) is 10.9. The fraction of sp³-hybridized carbons (Fsp3) is 0.231. The van der Waals surface area contributed by atoms with Crippen LogP contribution >= 0.6 is 23.8 Å². The van der Waals surface area contributed by atoms with E-state index < -0.39 is 17.7 Å². The molecule has 2 aliphatic rings. The number of halogens is 1. The van der Waals surface area contributed by atoms with Gasteiger partial charge >= 0.3 is 0 Å². The Morgan fingerprint density at radius 1 is 1.18 bits per heavy atom. The number of carbonyl (C=O) groups is 1. The van der Waals surface area contributed by atoms with Gasteiger partial charge in [0.1, 0.15) is 5.92 Å². The van der Waals surface area contributed by atoms with Gasteiger partial charge in [-0.2, -0.15) is 0 Å². The molecular formula is C26H24ClN3O3S. The molecule has 3 atom stereocenters. The number of hydrogen-bond donors (Lipinski definition) is 2. The lowest BCUT2D eigenvalue weighted by Crippen LogP contribution is -2.72. The molecule has 2 bridgehead atoms. The largest absolute Gasteiger partial charge is 0.493 e. The molecule has 2 N–H and O–H groups in total. The molecule has 2 aliphatic heterocycles. The minimum Gasteiger partial charge on any atom is -0.493 e. The highest BCUT2D eigenvalue weighted by Crippen LogP contribution is 2.52. The van der Waals surface area contributed by atoms with Crippen molar-refractivity contribution in [1.82, 2.24) is 5.32 Å². The summed E-state index contributed by atoms with van der Waals surface area (Å²) in [5, 5.41) is 7.53. The highest BCUT2D eigenvalue weighted by molar-refractivity contribution is 7.80. The normalized spacial score (nSPS) is 22.8. The first-order valence-corrected chi connectivity index (χ1v) is 11.7. The number of ether oxygens (including phenoxy) is 2. The van der Waals surface area contributed by atoms with E-state index in [1.54, 1.807) is 31.4 Å². The van der Waals surface area contributed by atoms with Crippen LogP contribution in [-0.2, 0) is 4.79 Å². The van der Waals surface area contributed by atoms with Crippen LogP contribution < -0.4 is 25.0 Å². The SMILES string of the molecule is COc1cccc2c1O[C@]1(C)[C@H](C(=O)Nc3ccc(Cl)cc3)[C@H]2NC(=S)N1c1cccc(C)c1. The van der Waals surface area contributed by atoms with Crippen LogP contribution in [0.1, 0.15) is 24.1 Å². The van der Waals surface area contributed by atoms with Crippen molar-refractivity contribution < 1.29 is 14.3 Å². The molecule has 6 nitrogen and oxygen atoms in total. The quantitative estimate of drug-likeness (QED) is 0.471. The summed E-state index contributed by atoms with van der Waals surface area (Å²) in [5.74, 6) is 0.357. The molecule has 5 rings (SSSR count). The van der Waals surface area contributed by atoms with Gasteiger partial charge in [-0.1, -0.05) is 35.9 Å². The summed E-state index contributed by atoms with van der Waals surface area (Å²) in [6.45, 7) is 3.91. The highest BCUT2D eigenvalue weighted by Gasteiger charge is 2.59. The van der Waals surface area contributed by atoms with Gasteiger partial charge in [0.05, 0.1) is 13.2 Å². The minimum absolute atomic E-state index is 0.198. The summed E-state index contributed by atoms with van der Waals surface area (Å²) in [7, 11) is 1.60. The van der Waals surface area contributed by atoms with Crippen LogP contribution in [0, 0.1) is 12.8 Å². The number of para-hydroxylation sites is 1. The van der Waals surface area contributed by atoms with Crippen molar-refractivity contribution in [2.75, 3.05) is 17.3 Å². The Labute approximate surface area is 208 Å². The molecule has 1 fully saturated rings. The van der Waals surface area contributed by atoms with Crippen LogP contribution in [0.15, 0.2) is 66.7 Å². The predicted octanol–water partition coefficient (Wildman–Crippen LogP) is 5.46. The standard InChI is InChI=1S/C26H24ClN3O3S/c1-15-6-4-7-18(14-15)30-25(34)29-22-19-8-5-9-20(32-3)23(19)33-26(30,2)21(22)24(31)28-17-12-10-16(27)11-13-17/h4-14,21-22H,1-3H3,(H,28,31)(H,29,34)/t21-,22-,26+/m0/s1. The van der Waals surface area contributed by atoms with Crippen LogP contribution in [0.2, 0.25) is 5.02 Å². The molecule has 0 aliphatic carbocycles. The van der Waals surface area contributed by atoms with Gasteiger partial charge in [-0.3, -0.25) is 9.69 Å². The smallest absolute Gasteiger partial charge is 0.236 e. The van der Waals surface area contributed by atoms with Crippen molar-refractivity contribution in [1.29, 1.82) is 0 Å². The maximum Gasteiger partial charge on any atom is 0.236 e. The first kappa shape index (κ1) is 22.5. The summed E-state index contributed by atoms with van der Waals surface area (Å²) in [5.41, 5.74) is 2.25. The number of carbonyl (C=O) groups excluding carboxylic acids is 1. The van der Waals surface area contributed by atoms with E-state index in [4.69, 9.17) is 33.3 Å². The van der Waals surface area contributed by atoms with Crippen molar-refractivity contribution >= 4 is 46.2 Å². The number of rotatable bonds is 4. The average Bonchev–Trinajstić information content (AvgIpc) is 2.79. The second kappa shape index (κ2) is 8.49. The summed E-state index contributed by atoms with van der Waals surface area (Å²) in [4.78, 5) is 15.7. The molecule has 8 heteroatoms. The topological polar surface area (TPSA) is 62.8 Å². The molecule has 0 aromatic heterocycles. The van der Waals surface area contributed by atoms with E-state index in [0.29, 0.717) is 27.3 Å². The zero-order valence-electron chi connectivity index (χ0n) is 19.0. The van der Waals surface area contributed by atoms with Gasteiger partial charge in [0.15, 0.2) is 22.3 Å². The monoisotopic (exact) mass is 493 g/mol. The average molecular weight is 494 g/mol. The summed E-state index contributed by atoms with van der Waals surface area (Å²) in [6.07, 6.45) is 0. The van der Waals surface area contributed by atoms with Crippen molar-refractivity contribution in [3.8, 4) is 11.5 Å². The number of nitrogens with one attached hydrogen (secondary N) is 2. The number of hydrogen-bond acceptors (Lipinski definition) is 4. The van der Waals surface area contributed by atoms with E-state index in [1.165, 1.54) is 0 Å². The molecule has 0 unspecified atom stereocenters. The maximum atomic E-state index is 13.8. The Hall–Kier alpha value is -3.29. The van der Waals surface area contributed by atoms with Crippen LogP contribution in [0.4, 0.5) is 11.4 Å². The zero-order valence-corrected chi connectivity index (χ0v) is 20.5. The molecule has 1 saturated heterocycles. The summed E-state index contributed by atoms with van der Waals surface area (Å²) < 4.78 is 12.3. The lowest BCUT2D eigenvalue weighted by molar-refractivity contribution is -0.130. The number of aryl methyl sites for hydroxylation is 1. The van der Waals surface area contributed by atoms with E-state index in [9.17, 15) is 4.79 Å². The Morgan fingerprint density at radius 3 is 2.62 bits per heavy atom. The number of thiocarbonyl (C=S) groups is 1. The van der Waals surface area contributed by atoms with Gasteiger partial charge in [0.25, 0.3) is 0 Å². The van der Waals surface area contributed by atoms with Crippen LogP contribution in [0.5, 0.6) is 11.5 Å². The molecule has 2 heterocycles. The third-order valence-electron chi connectivity index (χ3n) is 6.36. The van der Waals surface area contributed by atoms with Crippen LogP contribution in [-0.4, -0.2) is 23.9 Å². The van der Waals surface area contributed by atoms with Gasteiger partial charge in [-0.15, -0.1) is 0 Å². The van der Waals surface area contributed by atoms with Gasteiger partial charge in [0, 0.05) is 22.0 Å².